The van der Waals surface area contributed by atoms with Crippen LogP contribution in [0.2, 0.25) is 0 Å². The molecule has 6 heteroatoms. The monoisotopic (exact) mass is 277 g/mol. The fourth-order valence-electron chi connectivity index (χ4n) is 1.35. The van der Waals surface area contributed by atoms with E-state index in [0.717, 1.165) is 12.1 Å². The molecule has 0 saturated carbocycles. The van der Waals surface area contributed by atoms with Gasteiger partial charge in [-0.25, -0.2) is 13.6 Å². The van der Waals surface area contributed by atoms with Crippen LogP contribution in [-0.2, 0) is 4.74 Å². The van der Waals surface area contributed by atoms with Crippen molar-refractivity contribution in [3.8, 4) is 0 Å². The van der Waals surface area contributed by atoms with Gasteiger partial charge in [0.15, 0.2) is 11.6 Å². The molecule has 1 N–H and O–H groups in total. The lowest BCUT2D eigenvalue weighted by molar-refractivity contribution is 0.140. The molecule has 0 radical (unpaired) electrons. The number of amides is 1. The minimum atomic E-state index is -0.962. The third-order valence-corrected chi connectivity index (χ3v) is 2.75. The maximum absolute atomic E-state index is 13.0. The van der Waals surface area contributed by atoms with Gasteiger partial charge in [-0.15, -0.1) is 0 Å². The first kappa shape index (κ1) is 10.4. The van der Waals surface area contributed by atoms with E-state index in [1.165, 1.54) is 0 Å². The number of ether oxygens (including phenoxy) is 1. The number of halogens is 3. The first-order valence-corrected chi connectivity index (χ1v) is 4.96. The third-order valence-electron chi connectivity index (χ3n) is 2.07. The first-order chi connectivity index (χ1) is 7.08. The average molecular weight is 278 g/mol. The lowest BCUT2D eigenvalue weighted by Gasteiger charge is -2.10. The SMILES string of the molecule is O=C1NCC(c2cc(F)c(F)cc2Br)O1. The van der Waals surface area contributed by atoms with Crippen molar-refractivity contribution in [1.82, 2.24) is 5.32 Å². The van der Waals surface area contributed by atoms with Gasteiger partial charge in [-0.3, -0.25) is 0 Å². The Balaban J connectivity index is 2.36. The summed E-state index contributed by atoms with van der Waals surface area (Å²) in [4.78, 5) is 10.8. The van der Waals surface area contributed by atoms with Gasteiger partial charge in [-0.05, 0) is 12.1 Å². The molecule has 3 nitrogen and oxygen atoms in total. The highest BCUT2D eigenvalue weighted by atomic mass is 79.9. The zero-order valence-corrected chi connectivity index (χ0v) is 8.98. The lowest BCUT2D eigenvalue weighted by atomic mass is 10.1. The average Bonchev–Trinajstić information content (AvgIpc) is 2.58. The minimum Gasteiger partial charge on any atom is -0.439 e. The second-order valence-electron chi connectivity index (χ2n) is 3.06. The van der Waals surface area contributed by atoms with E-state index in [4.69, 9.17) is 4.74 Å². The Morgan fingerprint density at radius 1 is 1.40 bits per heavy atom. The van der Waals surface area contributed by atoms with Crippen molar-refractivity contribution in [2.75, 3.05) is 6.54 Å². The number of cyclic esters (lactones) is 1. The van der Waals surface area contributed by atoms with E-state index in [0.29, 0.717) is 10.0 Å². The molecule has 1 heterocycles. The Morgan fingerprint density at radius 2 is 2.07 bits per heavy atom. The second-order valence-corrected chi connectivity index (χ2v) is 3.92. The highest BCUT2D eigenvalue weighted by molar-refractivity contribution is 9.10. The summed E-state index contributed by atoms with van der Waals surface area (Å²) in [5.41, 5.74) is 0.409. The van der Waals surface area contributed by atoms with E-state index in [9.17, 15) is 13.6 Å². The van der Waals surface area contributed by atoms with Crippen molar-refractivity contribution >= 4 is 22.0 Å². The smallest absolute Gasteiger partial charge is 0.407 e. The second kappa shape index (κ2) is 3.77. The van der Waals surface area contributed by atoms with E-state index < -0.39 is 23.8 Å². The largest absolute Gasteiger partial charge is 0.439 e. The maximum Gasteiger partial charge on any atom is 0.407 e. The van der Waals surface area contributed by atoms with Gasteiger partial charge in [0.25, 0.3) is 0 Å². The van der Waals surface area contributed by atoms with Gasteiger partial charge in [0.05, 0.1) is 6.54 Å². The molecule has 0 aliphatic carbocycles. The van der Waals surface area contributed by atoms with Crippen LogP contribution in [0, 0.1) is 11.6 Å². The van der Waals surface area contributed by atoms with Crippen LogP contribution in [0.15, 0.2) is 16.6 Å². The van der Waals surface area contributed by atoms with Crippen LogP contribution in [0.25, 0.3) is 0 Å². The molecular weight excluding hydrogens is 272 g/mol. The van der Waals surface area contributed by atoms with Gasteiger partial charge in [0.1, 0.15) is 6.10 Å². The molecule has 80 valence electrons. The summed E-state index contributed by atoms with van der Waals surface area (Å²) in [6.07, 6.45) is -1.14. The number of nitrogens with one attached hydrogen (secondary N) is 1. The van der Waals surface area contributed by atoms with Crippen LogP contribution >= 0.6 is 15.9 Å². The third kappa shape index (κ3) is 1.94. The predicted octanol–water partition coefficient (Wildman–Crippen LogP) is 2.51. The fraction of sp³-hybridized carbons (Fsp3) is 0.222. The molecule has 1 aromatic carbocycles. The summed E-state index contributed by atoms with van der Waals surface area (Å²) in [7, 11) is 0. The number of alkyl carbamates (subject to hydrolysis) is 1. The molecule has 1 saturated heterocycles. The quantitative estimate of drug-likeness (QED) is 0.801. The topological polar surface area (TPSA) is 38.3 Å². The minimum absolute atomic E-state index is 0.252. The Labute approximate surface area is 92.5 Å². The molecule has 1 unspecified atom stereocenters. The van der Waals surface area contributed by atoms with Crippen LogP contribution in [0.5, 0.6) is 0 Å². The van der Waals surface area contributed by atoms with Crippen LogP contribution in [0.3, 0.4) is 0 Å². The van der Waals surface area contributed by atoms with E-state index in [-0.39, 0.29) is 6.54 Å². The van der Waals surface area contributed by atoms with Crippen molar-refractivity contribution in [2.45, 2.75) is 6.10 Å². The number of rotatable bonds is 1. The lowest BCUT2D eigenvalue weighted by Crippen LogP contribution is -2.12. The summed E-state index contributed by atoms with van der Waals surface area (Å²) in [5.74, 6) is -1.90. The summed E-state index contributed by atoms with van der Waals surface area (Å²) in [5, 5.41) is 2.43. The van der Waals surface area contributed by atoms with E-state index in [2.05, 4.69) is 21.2 Å². The van der Waals surface area contributed by atoms with Gasteiger partial charge in [0, 0.05) is 10.0 Å². The zero-order valence-electron chi connectivity index (χ0n) is 7.39. The Bertz CT molecular complexity index is 425. The van der Waals surface area contributed by atoms with Crippen molar-refractivity contribution in [3.63, 3.8) is 0 Å². The molecule has 1 aliphatic heterocycles. The molecule has 15 heavy (non-hydrogen) atoms. The molecule has 1 fully saturated rings. The molecule has 0 aromatic heterocycles. The molecule has 0 bridgehead atoms. The summed E-state index contributed by atoms with van der Waals surface area (Å²) < 4.78 is 31.0. The Kier molecular flexibility index (Phi) is 2.60. The number of benzene rings is 1. The Hall–Kier alpha value is -1.17. The van der Waals surface area contributed by atoms with Crippen molar-refractivity contribution in [3.05, 3.63) is 33.8 Å². The van der Waals surface area contributed by atoms with Gasteiger partial charge in [-0.1, -0.05) is 15.9 Å². The summed E-state index contributed by atoms with van der Waals surface area (Å²) >= 11 is 3.09. The standard InChI is InChI=1S/C9H6BrF2NO2/c10-5-2-7(12)6(11)1-4(5)8-3-13-9(14)15-8/h1-2,8H,3H2,(H,13,14). The van der Waals surface area contributed by atoms with Crippen molar-refractivity contribution < 1.29 is 18.3 Å². The number of carbonyl (C=O) groups excluding carboxylic acids is 1. The normalized spacial score (nSPS) is 19.9. The van der Waals surface area contributed by atoms with Gasteiger partial charge >= 0.3 is 6.09 Å². The highest BCUT2D eigenvalue weighted by Crippen LogP contribution is 2.29. The summed E-state index contributed by atoms with van der Waals surface area (Å²) in [6, 6.07) is 2.03. The number of carbonyl (C=O) groups is 1. The molecule has 1 aliphatic rings. The van der Waals surface area contributed by atoms with Crippen LogP contribution in [0.4, 0.5) is 13.6 Å². The maximum atomic E-state index is 13.0. The molecular formula is C9H6BrF2NO2. The molecule has 2 rings (SSSR count). The summed E-state index contributed by atoms with van der Waals surface area (Å²) in [6.45, 7) is 0.252. The van der Waals surface area contributed by atoms with Gasteiger partial charge in [-0.2, -0.15) is 0 Å². The van der Waals surface area contributed by atoms with Gasteiger partial charge < -0.3 is 10.1 Å². The molecule has 0 spiro atoms. The van der Waals surface area contributed by atoms with E-state index >= 15 is 0 Å². The van der Waals surface area contributed by atoms with Crippen LogP contribution in [-0.4, -0.2) is 12.6 Å². The fourth-order valence-corrected chi connectivity index (χ4v) is 1.92. The molecule has 1 atom stereocenters. The van der Waals surface area contributed by atoms with E-state index in [1.54, 1.807) is 0 Å². The Morgan fingerprint density at radius 3 is 2.67 bits per heavy atom. The van der Waals surface area contributed by atoms with E-state index in [1.807, 2.05) is 0 Å². The van der Waals surface area contributed by atoms with Crippen LogP contribution < -0.4 is 5.32 Å². The van der Waals surface area contributed by atoms with Crippen molar-refractivity contribution in [2.24, 2.45) is 0 Å². The number of hydrogen-bond donors (Lipinski definition) is 1. The van der Waals surface area contributed by atoms with Crippen LogP contribution in [0.1, 0.15) is 11.7 Å². The highest BCUT2D eigenvalue weighted by Gasteiger charge is 2.26. The molecule has 1 amide bonds. The number of hydrogen-bond acceptors (Lipinski definition) is 2. The molecule has 1 aromatic rings. The van der Waals surface area contributed by atoms with Gasteiger partial charge in [0.2, 0.25) is 0 Å². The van der Waals surface area contributed by atoms with Crippen molar-refractivity contribution in [1.29, 1.82) is 0 Å². The first-order valence-electron chi connectivity index (χ1n) is 4.17. The zero-order chi connectivity index (χ0) is 11.0. The predicted molar refractivity (Wildman–Crippen MR) is 51.3 cm³/mol.